The van der Waals surface area contributed by atoms with E-state index < -0.39 is 0 Å². The number of aryl methyl sites for hydroxylation is 2. The lowest BCUT2D eigenvalue weighted by Crippen LogP contribution is -2.44. The van der Waals surface area contributed by atoms with E-state index in [2.05, 4.69) is 22.2 Å². The second-order valence-corrected chi connectivity index (χ2v) is 10.3. The lowest BCUT2D eigenvalue weighted by atomic mass is 9.94. The average Bonchev–Trinajstić information content (AvgIpc) is 3.35. The summed E-state index contributed by atoms with van der Waals surface area (Å²) in [7, 11) is 3.48. The van der Waals surface area contributed by atoms with Crippen LogP contribution in [0.15, 0.2) is 30.6 Å². The minimum absolute atomic E-state index is 0.00518. The first-order valence-corrected chi connectivity index (χ1v) is 13.6. The number of aromatic nitrogens is 2. The molecule has 2 heterocycles. The van der Waals surface area contributed by atoms with Crippen LogP contribution in [-0.4, -0.2) is 91.2 Å². The van der Waals surface area contributed by atoms with Gasteiger partial charge in [0.05, 0.1) is 18.5 Å². The van der Waals surface area contributed by atoms with E-state index in [-0.39, 0.29) is 29.7 Å². The van der Waals surface area contributed by atoms with Crippen LogP contribution < -0.4 is 10.1 Å². The Morgan fingerprint density at radius 2 is 1.82 bits per heavy atom. The SMILES string of the molecule is CCc1ccc(C(=O)N(C[C@@H]2CNC[C@H]2CN(C)C(=O)c2cnc(C)cn2)C(C)C)cc1OCCCOC. The van der Waals surface area contributed by atoms with Gasteiger partial charge in [0.25, 0.3) is 11.8 Å². The predicted octanol–water partition coefficient (Wildman–Crippen LogP) is 3.22. The van der Waals surface area contributed by atoms with Crippen LogP contribution in [0.2, 0.25) is 0 Å². The first-order chi connectivity index (χ1) is 18.2. The summed E-state index contributed by atoms with van der Waals surface area (Å²) in [6.07, 6.45) is 4.75. The molecule has 1 N–H and O–H groups in total. The molecule has 1 aromatic carbocycles. The highest BCUT2D eigenvalue weighted by atomic mass is 16.5. The van der Waals surface area contributed by atoms with Crippen molar-refractivity contribution >= 4 is 11.8 Å². The third-order valence-electron chi connectivity index (χ3n) is 7.10. The van der Waals surface area contributed by atoms with Gasteiger partial charge in [0.15, 0.2) is 0 Å². The second-order valence-electron chi connectivity index (χ2n) is 10.3. The highest BCUT2D eigenvalue weighted by molar-refractivity contribution is 5.95. The summed E-state index contributed by atoms with van der Waals surface area (Å²) in [4.78, 5) is 38.7. The van der Waals surface area contributed by atoms with Crippen molar-refractivity contribution in [3.8, 4) is 5.75 Å². The molecule has 0 bridgehead atoms. The van der Waals surface area contributed by atoms with Crippen molar-refractivity contribution in [3.05, 3.63) is 53.1 Å². The van der Waals surface area contributed by atoms with Gasteiger partial charge < -0.3 is 24.6 Å². The minimum atomic E-state index is -0.144. The summed E-state index contributed by atoms with van der Waals surface area (Å²) >= 11 is 0. The number of carbonyl (C=O) groups is 2. The van der Waals surface area contributed by atoms with E-state index in [4.69, 9.17) is 9.47 Å². The molecule has 0 unspecified atom stereocenters. The van der Waals surface area contributed by atoms with Crippen molar-refractivity contribution in [1.82, 2.24) is 25.1 Å². The molecule has 2 atom stereocenters. The number of rotatable bonds is 13. The molecule has 2 aromatic rings. The highest BCUT2D eigenvalue weighted by Gasteiger charge is 2.33. The number of hydrogen-bond acceptors (Lipinski definition) is 7. The van der Waals surface area contributed by atoms with Gasteiger partial charge in [-0.05, 0) is 56.7 Å². The van der Waals surface area contributed by atoms with Crippen LogP contribution in [0.3, 0.4) is 0 Å². The molecule has 9 nitrogen and oxygen atoms in total. The van der Waals surface area contributed by atoms with E-state index in [0.29, 0.717) is 37.6 Å². The molecule has 0 spiro atoms. The molecule has 0 radical (unpaired) electrons. The van der Waals surface area contributed by atoms with E-state index in [9.17, 15) is 9.59 Å². The number of amides is 2. The number of hydrogen-bond donors (Lipinski definition) is 1. The van der Waals surface area contributed by atoms with Gasteiger partial charge in [-0.1, -0.05) is 13.0 Å². The Hall–Kier alpha value is -3.04. The predicted molar refractivity (Wildman–Crippen MR) is 148 cm³/mol. The highest BCUT2D eigenvalue weighted by Crippen LogP contribution is 2.25. The Kier molecular flexibility index (Phi) is 11.0. The van der Waals surface area contributed by atoms with Gasteiger partial charge in [0.2, 0.25) is 0 Å². The fourth-order valence-electron chi connectivity index (χ4n) is 4.79. The first-order valence-electron chi connectivity index (χ1n) is 13.6. The third kappa shape index (κ3) is 7.74. The van der Waals surface area contributed by atoms with E-state index in [0.717, 1.165) is 42.9 Å². The smallest absolute Gasteiger partial charge is 0.273 e. The van der Waals surface area contributed by atoms with Crippen molar-refractivity contribution in [2.75, 3.05) is 53.6 Å². The summed E-state index contributed by atoms with van der Waals surface area (Å²) in [6.45, 7) is 12.0. The molecule has 3 rings (SSSR count). The Labute approximate surface area is 226 Å². The Bertz CT molecular complexity index is 1060. The van der Waals surface area contributed by atoms with Crippen molar-refractivity contribution in [3.63, 3.8) is 0 Å². The molecule has 2 amide bonds. The number of nitrogens with one attached hydrogen (secondary N) is 1. The zero-order valence-electron chi connectivity index (χ0n) is 23.7. The van der Waals surface area contributed by atoms with Crippen LogP contribution >= 0.6 is 0 Å². The van der Waals surface area contributed by atoms with Gasteiger partial charge in [-0.25, -0.2) is 4.98 Å². The van der Waals surface area contributed by atoms with Crippen LogP contribution in [-0.2, 0) is 11.2 Å². The van der Waals surface area contributed by atoms with Crippen molar-refractivity contribution in [2.24, 2.45) is 11.8 Å². The van der Waals surface area contributed by atoms with Gasteiger partial charge in [-0.2, -0.15) is 0 Å². The maximum Gasteiger partial charge on any atom is 0.273 e. The molecule has 208 valence electrons. The molecule has 0 saturated carbocycles. The Morgan fingerprint density at radius 3 is 2.45 bits per heavy atom. The van der Waals surface area contributed by atoms with Crippen LogP contribution in [0.1, 0.15) is 59.3 Å². The molecule has 1 saturated heterocycles. The maximum atomic E-state index is 13.7. The summed E-state index contributed by atoms with van der Waals surface area (Å²) in [5.74, 6) is 1.06. The fourth-order valence-corrected chi connectivity index (χ4v) is 4.79. The van der Waals surface area contributed by atoms with Crippen molar-refractivity contribution < 1.29 is 19.1 Å². The molecule has 9 heteroatoms. The molecule has 1 fully saturated rings. The minimum Gasteiger partial charge on any atom is -0.493 e. The molecule has 1 aromatic heterocycles. The standard InChI is InChI=1S/C29H43N5O4/c1-7-22-9-10-23(13-27(22)38-12-8-11-37-6)28(35)34(20(2)3)19-25-16-30-15-24(25)18-33(5)29(36)26-17-31-21(4)14-32-26/h9-10,13-14,17,20,24-25,30H,7-8,11-12,15-16,18-19H2,1-6H3/t24-,25-/m0/s1. The van der Waals surface area contributed by atoms with Crippen molar-refractivity contribution in [2.45, 2.75) is 46.6 Å². The molecular formula is C29H43N5O4. The van der Waals surface area contributed by atoms with Gasteiger partial charge >= 0.3 is 0 Å². The molecule has 38 heavy (non-hydrogen) atoms. The molecule has 1 aliphatic heterocycles. The zero-order valence-corrected chi connectivity index (χ0v) is 23.7. The lowest BCUT2D eigenvalue weighted by Gasteiger charge is -2.33. The average molecular weight is 526 g/mol. The van der Waals surface area contributed by atoms with Gasteiger partial charge in [-0.3, -0.25) is 14.6 Å². The second kappa shape index (κ2) is 14.2. The van der Waals surface area contributed by atoms with Crippen LogP contribution in [0.4, 0.5) is 0 Å². The van der Waals surface area contributed by atoms with E-state index in [1.54, 1.807) is 25.3 Å². The topological polar surface area (TPSA) is 96.9 Å². The lowest BCUT2D eigenvalue weighted by molar-refractivity contribution is 0.0633. The van der Waals surface area contributed by atoms with Crippen LogP contribution in [0, 0.1) is 18.8 Å². The monoisotopic (exact) mass is 525 g/mol. The number of benzene rings is 1. The zero-order chi connectivity index (χ0) is 27.7. The fraction of sp³-hybridized carbons (Fsp3) is 0.586. The molecular weight excluding hydrogens is 482 g/mol. The summed E-state index contributed by atoms with van der Waals surface area (Å²) in [5, 5.41) is 3.46. The normalized spacial score (nSPS) is 17.0. The largest absolute Gasteiger partial charge is 0.493 e. The van der Waals surface area contributed by atoms with Crippen LogP contribution in [0.25, 0.3) is 0 Å². The number of nitrogens with zero attached hydrogens (tertiary/aromatic N) is 4. The van der Waals surface area contributed by atoms with E-state index >= 15 is 0 Å². The Morgan fingerprint density at radius 1 is 1.08 bits per heavy atom. The summed E-state index contributed by atoms with van der Waals surface area (Å²) < 4.78 is 11.1. The van der Waals surface area contributed by atoms with Gasteiger partial charge in [0, 0.05) is 71.2 Å². The number of carbonyl (C=O) groups excluding carboxylic acids is 2. The first kappa shape index (κ1) is 29.5. The van der Waals surface area contributed by atoms with E-state index in [1.807, 2.05) is 43.9 Å². The van der Waals surface area contributed by atoms with Crippen molar-refractivity contribution in [1.29, 1.82) is 0 Å². The number of ether oxygens (including phenoxy) is 2. The molecule has 1 aliphatic rings. The molecule has 0 aliphatic carbocycles. The van der Waals surface area contributed by atoms with Gasteiger partial charge in [0.1, 0.15) is 11.4 Å². The van der Waals surface area contributed by atoms with Gasteiger partial charge in [-0.15, -0.1) is 0 Å². The van der Waals surface area contributed by atoms with E-state index in [1.165, 1.54) is 6.20 Å². The van der Waals surface area contributed by atoms with Crippen LogP contribution in [0.5, 0.6) is 5.75 Å². The third-order valence-corrected chi connectivity index (χ3v) is 7.10. The summed E-state index contributed by atoms with van der Waals surface area (Å²) in [6, 6.07) is 5.80. The number of methoxy groups -OCH3 is 1. The summed E-state index contributed by atoms with van der Waals surface area (Å²) in [5.41, 5.74) is 2.83. The maximum absolute atomic E-state index is 13.7. The Balaban J connectivity index is 1.69. The quantitative estimate of drug-likeness (QED) is 0.401.